The number of aliphatic hydroxyl groups excluding tert-OH is 11. The van der Waals surface area contributed by atoms with Crippen molar-refractivity contribution in [3.63, 3.8) is 0 Å². The maximum Gasteiger partial charge on any atom is 0.239 e. The van der Waals surface area contributed by atoms with Crippen LogP contribution in [0.4, 0.5) is 0 Å². The van der Waals surface area contributed by atoms with Gasteiger partial charge in [-0.2, -0.15) is 0 Å². The van der Waals surface area contributed by atoms with E-state index in [0.717, 1.165) is 0 Å². The fraction of sp³-hybridized carbons (Fsp3) is 0.545. The van der Waals surface area contributed by atoms with Crippen molar-refractivity contribution in [2.24, 2.45) is 0 Å². The number of aliphatic hydroxyl groups is 11. The Morgan fingerprint density at radius 2 is 1.05 bits per heavy atom. The zero-order valence-corrected chi connectivity index (χ0v) is 28.2. The van der Waals surface area contributed by atoms with Crippen LogP contribution in [0, 0.1) is 0 Å². The second kappa shape index (κ2) is 16.3. The van der Waals surface area contributed by atoms with Gasteiger partial charge >= 0.3 is 0 Å². The van der Waals surface area contributed by atoms with Gasteiger partial charge in [-0.25, -0.2) is 0 Å². The molecule has 22 heteroatoms. The average Bonchev–Trinajstić information content (AvgIpc) is 3.16. The monoisotopic (exact) mass is 788 g/mol. The molecule has 3 aliphatic heterocycles. The maximum absolute atomic E-state index is 14.4. The molecule has 0 saturated carbocycles. The van der Waals surface area contributed by atoms with Crippen molar-refractivity contribution in [1.29, 1.82) is 0 Å². The average molecular weight is 789 g/mol. The molecule has 3 fully saturated rings. The smallest absolute Gasteiger partial charge is 0.239 e. The molecule has 0 aliphatic carbocycles. The first-order valence-corrected chi connectivity index (χ1v) is 16.7. The van der Waals surface area contributed by atoms with Gasteiger partial charge in [0.1, 0.15) is 84.0 Å². The minimum Gasteiger partial charge on any atom is -0.508 e. The van der Waals surface area contributed by atoms with Crippen LogP contribution in [0.3, 0.4) is 0 Å². The Labute approximate surface area is 307 Å². The summed E-state index contributed by atoms with van der Waals surface area (Å²) < 4.78 is 39.6. The molecule has 0 radical (unpaired) electrons. The van der Waals surface area contributed by atoms with E-state index in [1.165, 1.54) is 24.3 Å². The maximum atomic E-state index is 14.4. The molecule has 0 amide bonds. The van der Waals surface area contributed by atoms with E-state index in [4.69, 9.17) is 32.8 Å². The molecule has 1 aromatic heterocycles. The van der Waals surface area contributed by atoms with E-state index in [2.05, 4.69) is 0 Å². The molecule has 14 N–H and O–H groups in total. The molecule has 15 atom stereocenters. The molecule has 3 aliphatic rings. The van der Waals surface area contributed by atoms with Crippen LogP contribution in [0.25, 0.3) is 22.3 Å². The molecular weight excluding hydrogens is 748 g/mol. The van der Waals surface area contributed by atoms with E-state index in [0.29, 0.717) is 6.07 Å². The van der Waals surface area contributed by atoms with Gasteiger partial charge in [0, 0.05) is 11.6 Å². The largest absolute Gasteiger partial charge is 0.508 e. The van der Waals surface area contributed by atoms with Crippen molar-refractivity contribution in [3.8, 4) is 40.1 Å². The number of aromatic hydroxyl groups is 3. The zero-order valence-electron chi connectivity index (χ0n) is 28.2. The standard InChI is InChI=1S/C33H40O22/c34-6-13-17(40)21(44)24(47)31(49-13)53-27-12(39)5-11(38)16-20(43)29(26(52-28(16)27)9-1-3-10(37)4-2-9)54-33-30(23(46)19(42)15(8-36)51-33)55-32-25(48)22(45)18(41)14(7-35)50-32/h1-5,13-15,17-19,21-25,30-42,44-48H,6-8H2/t13-,14-,15-,17-,18-,19-,21-,22-,23-,24-,25-,30-,31+,32+,33+/m1/s1. The number of phenolic OH excluding ortho intramolecular Hbond substituents is 3. The minimum absolute atomic E-state index is 0.0464. The summed E-state index contributed by atoms with van der Waals surface area (Å²) in [6.45, 7) is -2.64. The first-order chi connectivity index (χ1) is 26.1. The molecule has 304 valence electrons. The Kier molecular flexibility index (Phi) is 12.0. The predicted molar refractivity (Wildman–Crippen MR) is 174 cm³/mol. The quantitative estimate of drug-likeness (QED) is 0.0912. The Morgan fingerprint density at radius 1 is 0.564 bits per heavy atom. The number of hydrogen-bond acceptors (Lipinski definition) is 22. The number of phenols is 3. The van der Waals surface area contributed by atoms with Crippen LogP contribution in [0.1, 0.15) is 0 Å². The van der Waals surface area contributed by atoms with Crippen LogP contribution in [0.5, 0.6) is 28.7 Å². The van der Waals surface area contributed by atoms with Crippen molar-refractivity contribution in [2.75, 3.05) is 19.8 Å². The molecule has 0 spiro atoms. The first kappa shape index (κ1) is 40.7. The van der Waals surface area contributed by atoms with Crippen LogP contribution in [0.15, 0.2) is 39.5 Å². The fourth-order valence-corrected chi connectivity index (χ4v) is 6.35. The Bertz CT molecular complexity index is 1850. The van der Waals surface area contributed by atoms with Crippen molar-refractivity contribution in [3.05, 3.63) is 40.6 Å². The summed E-state index contributed by atoms with van der Waals surface area (Å²) in [6, 6.07) is 5.42. The highest BCUT2D eigenvalue weighted by Gasteiger charge is 2.52. The van der Waals surface area contributed by atoms with E-state index >= 15 is 0 Å². The van der Waals surface area contributed by atoms with Gasteiger partial charge in [0.25, 0.3) is 0 Å². The van der Waals surface area contributed by atoms with Crippen molar-refractivity contribution >= 4 is 11.0 Å². The second-order valence-corrected chi connectivity index (χ2v) is 13.0. The van der Waals surface area contributed by atoms with Gasteiger partial charge in [-0.1, -0.05) is 0 Å². The molecule has 0 bridgehead atoms. The Morgan fingerprint density at radius 3 is 1.62 bits per heavy atom. The lowest BCUT2D eigenvalue weighted by molar-refractivity contribution is -0.358. The third-order valence-corrected chi connectivity index (χ3v) is 9.45. The van der Waals surface area contributed by atoms with Crippen LogP contribution in [-0.4, -0.2) is 183 Å². The van der Waals surface area contributed by atoms with Gasteiger partial charge in [-0.15, -0.1) is 0 Å². The third kappa shape index (κ3) is 7.51. The summed E-state index contributed by atoms with van der Waals surface area (Å²) in [7, 11) is 0. The van der Waals surface area contributed by atoms with E-state index in [1.54, 1.807) is 0 Å². The Hall–Kier alpha value is -3.95. The lowest BCUT2D eigenvalue weighted by Crippen LogP contribution is -2.65. The molecule has 6 rings (SSSR count). The lowest BCUT2D eigenvalue weighted by atomic mass is 9.97. The molecule has 3 saturated heterocycles. The van der Waals surface area contributed by atoms with E-state index < -0.39 is 157 Å². The zero-order chi connectivity index (χ0) is 40.0. The van der Waals surface area contributed by atoms with Crippen LogP contribution < -0.4 is 14.9 Å². The highest BCUT2D eigenvalue weighted by atomic mass is 16.8. The molecule has 4 heterocycles. The summed E-state index contributed by atoms with van der Waals surface area (Å²) in [4.78, 5) is 14.4. The van der Waals surface area contributed by atoms with Gasteiger partial charge < -0.3 is 104 Å². The van der Waals surface area contributed by atoms with Crippen LogP contribution in [-0.2, 0) is 18.9 Å². The number of hydrogen-bond donors (Lipinski definition) is 14. The minimum atomic E-state index is -2.06. The van der Waals surface area contributed by atoms with Gasteiger partial charge in [0.2, 0.25) is 29.5 Å². The number of ether oxygens (including phenoxy) is 6. The molecule has 2 aromatic carbocycles. The summed E-state index contributed by atoms with van der Waals surface area (Å²) in [6.07, 6.45) is -27.9. The van der Waals surface area contributed by atoms with Crippen molar-refractivity contribution in [2.45, 2.75) is 92.1 Å². The fourth-order valence-electron chi connectivity index (χ4n) is 6.35. The molecular formula is C33H40O22. The SMILES string of the molecule is O=c1c(O[C@@H]2O[C@H](CO)[C@@H](O)[C@@H](O)[C@H]2O[C@@H]2O[C@H](CO)[C@@H](O)[C@@H](O)[C@H]2O)c(-c2ccc(O)cc2)oc2c(O[C@@H]3O[C@H](CO)[C@@H](O)[C@@H](O)[C@H]3O)c(O)cc(O)c12. The molecule has 22 nitrogen and oxygen atoms in total. The highest BCUT2D eigenvalue weighted by Crippen LogP contribution is 2.45. The lowest BCUT2D eigenvalue weighted by Gasteiger charge is -2.45. The highest BCUT2D eigenvalue weighted by molar-refractivity contribution is 5.93. The van der Waals surface area contributed by atoms with Gasteiger partial charge in [-0.05, 0) is 24.3 Å². The topological polar surface area (TPSA) is 369 Å². The number of benzene rings is 2. The van der Waals surface area contributed by atoms with Crippen LogP contribution >= 0.6 is 0 Å². The van der Waals surface area contributed by atoms with E-state index in [9.17, 15) is 76.3 Å². The molecule has 3 aromatic rings. The molecule has 0 unspecified atom stereocenters. The van der Waals surface area contributed by atoms with Gasteiger partial charge in [-0.3, -0.25) is 4.79 Å². The third-order valence-electron chi connectivity index (χ3n) is 9.45. The summed E-state index contributed by atoms with van der Waals surface area (Å²) in [5.74, 6) is -4.25. The van der Waals surface area contributed by atoms with Gasteiger partial charge in [0.05, 0.1) is 19.8 Å². The Balaban J connectivity index is 1.47. The van der Waals surface area contributed by atoms with Crippen LogP contribution in [0.2, 0.25) is 0 Å². The second-order valence-electron chi connectivity index (χ2n) is 13.0. The summed E-state index contributed by atoms with van der Waals surface area (Å²) in [5.41, 5.74) is -2.02. The first-order valence-electron chi connectivity index (χ1n) is 16.7. The summed E-state index contributed by atoms with van der Waals surface area (Å²) >= 11 is 0. The summed E-state index contributed by atoms with van der Waals surface area (Å²) in [5, 5.41) is 144. The predicted octanol–water partition coefficient (Wildman–Crippen LogP) is -5.24. The molecule has 55 heavy (non-hydrogen) atoms. The van der Waals surface area contributed by atoms with Crippen molar-refractivity contribution < 1.29 is 104 Å². The van der Waals surface area contributed by atoms with E-state index in [1.807, 2.05) is 0 Å². The van der Waals surface area contributed by atoms with Gasteiger partial charge in [0.15, 0.2) is 29.5 Å². The van der Waals surface area contributed by atoms with E-state index in [-0.39, 0.29) is 11.3 Å². The number of fused-ring (bicyclic) bond motifs is 1. The number of rotatable bonds is 10. The normalized spacial score (nSPS) is 36.8. The van der Waals surface area contributed by atoms with Crippen molar-refractivity contribution in [1.82, 2.24) is 0 Å².